The van der Waals surface area contributed by atoms with Gasteiger partial charge >= 0.3 is 0 Å². The molecule has 0 aromatic carbocycles. The Morgan fingerprint density at radius 2 is 2.36 bits per heavy atom. The van der Waals surface area contributed by atoms with E-state index < -0.39 is 0 Å². The fraction of sp³-hybridized carbons (Fsp3) is 0.900. The van der Waals surface area contributed by atoms with Crippen molar-refractivity contribution < 1.29 is 9.53 Å². The third-order valence-corrected chi connectivity index (χ3v) is 3.30. The number of hydrogen-bond acceptors (Lipinski definition) is 3. The Kier molecular flexibility index (Phi) is 2.74. The standard InChI is InChI=1S/C10H18N2O2/c1-7-9(3-4-14-7)6-12-8(2)11-5-10(12)13/h7-9,11H,3-6H2,1-2H3. The number of nitrogens with zero attached hydrogens (tertiary/aromatic N) is 1. The van der Waals surface area contributed by atoms with E-state index in [2.05, 4.69) is 12.2 Å². The first-order valence-electron chi connectivity index (χ1n) is 5.33. The van der Waals surface area contributed by atoms with Crippen molar-refractivity contribution in [3.8, 4) is 0 Å². The second-order valence-electron chi connectivity index (χ2n) is 4.23. The van der Waals surface area contributed by atoms with Crippen LogP contribution in [0.25, 0.3) is 0 Å². The average molecular weight is 198 g/mol. The maximum atomic E-state index is 11.5. The molecule has 0 aromatic heterocycles. The van der Waals surface area contributed by atoms with E-state index in [0.717, 1.165) is 19.6 Å². The van der Waals surface area contributed by atoms with Crippen molar-refractivity contribution in [3.05, 3.63) is 0 Å². The Balaban J connectivity index is 1.92. The molecule has 2 rings (SSSR count). The van der Waals surface area contributed by atoms with E-state index in [1.165, 1.54) is 0 Å². The summed E-state index contributed by atoms with van der Waals surface area (Å²) in [5.74, 6) is 0.734. The highest BCUT2D eigenvalue weighted by molar-refractivity contribution is 5.80. The van der Waals surface area contributed by atoms with Crippen molar-refractivity contribution >= 4 is 5.91 Å². The zero-order valence-corrected chi connectivity index (χ0v) is 8.82. The van der Waals surface area contributed by atoms with E-state index in [0.29, 0.717) is 18.6 Å². The van der Waals surface area contributed by atoms with Crippen molar-refractivity contribution in [2.45, 2.75) is 32.5 Å². The highest BCUT2D eigenvalue weighted by Gasteiger charge is 2.32. The molecule has 1 N–H and O–H groups in total. The van der Waals surface area contributed by atoms with Crippen LogP contribution in [0.5, 0.6) is 0 Å². The van der Waals surface area contributed by atoms with E-state index in [4.69, 9.17) is 4.74 Å². The highest BCUT2D eigenvalue weighted by atomic mass is 16.5. The fourth-order valence-electron chi connectivity index (χ4n) is 2.19. The SMILES string of the molecule is CC1OCCC1CN1C(=O)CNC1C. The summed E-state index contributed by atoms with van der Waals surface area (Å²) in [6.45, 7) is 6.30. The summed E-state index contributed by atoms with van der Waals surface area (Å²) >= 11 is 0. The molecule has 1 amide bonds. The van der Waals surface area contributed by atoms with E-state index in [1.54, 1.807) is 0 Å². The van der Waals surface area contributed by atoms with Gasteiger partial charge in [0.2, 0.25) is 5.91 Å². The first-order chi connectivity index (χ1) is 6.68. The molecule has 80 valence electrons. The largest absolute Gasteiger partial charge is 0.378 e. The average Bonchev–Trinajstić information content (AvgIpc) is 2.67. The van der Waals surface area contributed by atoms with Crippen LogP contribution < -0.4 is 5.32 Å². The van der Waals surface area contributed by atoms with Gasteiger partial charge in [-0.2, -0.15) is 0 Å². The van der Waals surface area contributed by atoms with E-state index in [1.807, 2.05) is 11.8 Å². The number of ether oxygens (including phenoxy) is 1. The number of carbonyl (C=O) groups is 1. The molecule has 2 aliphatic heterocycles. The van der Waals surface area contributed by atoms with Crippen LogP contribution in [-0.2, 0) is 9.53 Å². The van der Waals surface area contributed by atoms with Crippen LogP contribution in [-0.4, -0.2) is 42.8 Å². The van der Waals surface area contributed by atoms with Gasteiger partial charge in [0.25, 0.3) is 0 Å². The van der Waals surface area contributed by atoms with Crippen LogP contribution in [0.4, 0.5) is 0 Å². The quantitative estimate of drug-likeness (QED) is 0.688. The lowest BCUT2D eigenvalue weighted by molar-refractivity contribution is -0.128. The molecule has 2 fully saturated rings. The van der Waals surface area contributed by atoms with Crippen molar-refractivity contribution in [1.82, 2.24) is 10.2 Å². The molecule has 2 heterocycles. The van der Waals surface area contributed by atoms with Crippen LogP contribution in [0.15, 0.2) is 0 Å². The number of amides is 1. The Bertz CT molecular complexity index is 232. The van der Waals surface area contributed by atoms with Gasteiger partial charge in [0.05, 0.1) is 18.8 Å². The second-order valence-corrected chi connectivity index (χ2v) is 4.23. The Morgan fingerprint density at radius 1 is 1.57 bits per heavy atom. The zero-order valence-electron chi connectivity index (χ0n) is 8.82. The zero-order chi connectivity index (χ0) is 10.1. The highest BCUT2D eigenvalue weighted by Crippen LogP contribution is 2.22. The summed E-state index contributed by atoms with van der Waals surface area (Å²) in [5.41, 5.74) is 0. The van der Waals surface area contributed by atoms with Crippen LogP contribution in [0.1, 0.15) is 20.3 Å². The summed E-state index contributed by atoms with van der Waals surface area (Å²) in [4.78, 5) is 13.4. The minimum atomic E-state index is 0.190. The van der Waals surface area contributed by atoms with Gasteiger partial charge in [-0.3, -0.25) is 10.1 Å². The molecule has 2 aliphatic rings. The van der Waals surface area contributed by atoms with Gasteiger partial charge in [-0.05, 0) is 20.3 Å². The number of nitrogens with one attached hydrogen (secondary N) is 1. The summed E-state index contributed by atoms with van der Waals surface area (Å²) < 4.78 is 5.49. The van der Waals surface area contributed by atoms with Crippen LogP contribution >= 0.6 is 0 Å². The van der Waals surface area contributed by atoms with Gasteiger partial charge in [0.15, 0.2) is 0 Å². The summed E-state index contributed by atoms with van der Waals surface area (Å²) in [5, 5.41) is 3.14. The second kappa shape index (κ2) is 3.87. The molecule has 2 saturated heterocycles. The van der Waals surface area contributed by atoms with Gasteiger partial charge < -0.3 is 9.64 Å². The minimum absolute atomic E-state index is 0.190. The summed E-state index contributed by atoms with van der Waals surface area (Å²) in [6, 6.07) is 0. The Morgan fingerprint density at radius 3 is 2.86 bits per heavy atom. The predicted molar refractivity (Wildman–Crippen MR) is 52.7 cm³/mol. The van der Waals surface area contributed by atoms with Crippen LogP contribution in [0, 0.1) is 5.92 Å². The van der Waals surface area contributed by atoms with Crippen LogP contribution in [0.3, 0.4) is 0 Å². The molecular formula is C10H18N2O2. The Labute approximate surface area is 84.6 Å². The third-order valence-electron chi connectivity index (χ3n) is 3.30. The normalized spacial score (nSPS) is 38.3. The van der Waals surface area contributed by atoms with E-state index in [9.17, 15) is 4.79 Å². The maximum Gasteiger partial charge on any atom is 0.237 e. The molecule has 14 heavy (non-hydrogen) atoms. The van der Waals surface area contributed by atoms with Crippen molar-refractivity contribution in [2.24, 2.45) is 5.92 Å². The smallest absolute Gasteiger partial charge is 0.237 e. The molecule has 0 radical (unpaired) electrons. The minimum Gasteiger partial charge on any atom is -0.378 e. The topological polar surface area (TPSA) is 41.6 Å². The molecule has 0 aliphatic carbocycles. The van der Waals surface area contributed by atoms with Crippen molar-refractivity contribution in [1.29, 1.82) is 0 Å². The first kappa shape index (κ1) is 9.93. The van der Waals surface area contributed by atoms with Crippen molar-refractivity contribution in [3.63, 3.8) is 0 Å². The monoisotopic (exact) mass is 198 g/mol. The number of hydrogen-bond donors (Lipinski definition) is 1. The van der Waals surface area contributed by atoms with Gasteiger partial charge in [0.1, 0.15) is 0 Å². The molecule has 0 bridgehead atoms. The number of rotatable bonds is 2. The molecule has 0 saturated carbocycles. The molecule has 3 unspecified atom stereocenters. The fourth-order valence-corrected chi connectivity index (χ4v) is 2.19. The first-order valence-corrected chi connectivity index (χ1v) is 5.33. The lowest BCUT2D eigenvalue weighted by Gasteiger charge is -2.25. The summed E-state index contributed by atoms with van der Waals surface area (Å²) in [7, 11) is 0. The maximum absolute atomic E-state index is 11.5. The van der Waals surface area contributed by atoms with E-state index >= 15 is 0 Å². The molecule has 0 aromatic rings. The van der Waals surface area contributed by atoms with Gasteiger partial charge in [-0.25, -0.2) is 0 Å². The van der Waals surface area contributed by atoms with Gasteiger partial charge in [0, 0.05) is 19.1 Å². The Hall–Kier alpha value is -0.610. The number of carbonyl (C=O) groups excluding carboxylic acids is 1. The molecular weight excluding hydrogens is 180 g/mol. The van der Waals surface area contributed by atoms with Gasteiger partial charge in [-0.15, -0.1) is 0 Å². The predicted octanol–water partition coefficient (Wildman–Crippen LogP) is 0.189. The molecule has 4 heteroatoms. The van der Waals surface area contributed by atoms with Gasteiger partial charge in [-0.1, -0.05) is 0 Å². The van der Waals surface area contributed by atoms with Crippen molar-refractivity contribution in [2.75, 3.05) is 19.7 Å². The third kappa shape index (κ3) is 1.77. The molecule has 3 atom stereocenters. The molecule has 4 nitrogen and oxygen atoms in total. The van der Waals surface area contributed by atoms with E-state index in [-0.39, 0.29) is 12.1 Å². The summed E-state index contributed by atoms with van der Waals surface area (Å²) in [6.07, 6.45) is 1.57. The van der Waals surface area contributed by atoms with Crippen LogP contribution in [0.2, 0.25) is 0 Å². The lowest BCUT2D eigenvalue weighted by atomic mass is 10.0. The molecule has 0 spiro atoms. The lowest BCUT2D eigenvalue weighted by Crippen LogP contribution is -2.39.